The fraction of sp³-hybridized carbons (Fsp3) is 0. The second-order valence-electron chi connectivity index (χ2n) is 0.224. The molecule has 0 aromatic carbocycles. The number of hydrogen-bond acceptors (Lipinski definition) is 3. The van der Waals surface area contributed by atoms with E-state index in [1.54, 1.807) is 0 Å². The van der Waals surface area contributed by atoms with Crippen molar-refractivity contribution in [1.82, 2.24) is 0 Å². The molecule has 0 aromatic heterocycles. The molecule has 0 aliphatic rings. The molecule has 0 aliphatic carbocycles. The van der Waals surface area contributed by atoms with Crippen LogP contribution in [0.5, 0.6) is 0 Å². The van der Waals surface area contributed by atoms with Crippen LogP contribution >= 0.6 is 8.60 Å². The van der Waals surface area contributed by atoms with Crippen LogP contribution in [0.4, 0.5) is 0 Å². The Morgan fingerprint density at radius 1 is 1.00 bits per heavy atom. The van der Waals surface area contributed by atoms with Crippen molar-refractivity contribution >= 4 is 8.60 Å². The minimum atomic E-state index is -3.37. The molecule has 5 heteroatoms. The van der Waals surface area contributed by atoms with E-state index >= 15 is 0 Å². The first kappa shape index (κ1) is 9.27. The summed E-state index contributed by atoms with van der Waals surface area (Å²) in [5.41, 5.74) is 0. The van der Waals surface area contributed by atoms with Gasteiger partial charge in [-0.2, -0.15) is 0 Å². The van der Waals surface area contributed by atoms with E-state index in [0.29, 0.717) is 0 Å². The Morgan fingerprint density at radius 3 is 1.00 bits per heavy atom. The van der Waals surface area contributed by atoms with Gasteiger partial charge >= 0.3 is 17.1 Å². The molecule has 0 atom stereocenters. The fourth-order valence-corrected chi connectivity index (χ4v) is 0. The monoisotopic (exact) mass is 134 g/mol. The summed E-state index contributed by atoms with van der Waals surface area (Å²) in [4.78, 5) is 25.4. The van der Waals surface area contributed by atoms with E-state index in [2.05, 4.69) is 0 Å². The van der Waals surface area contributed by atoms with Crippen LogP contribution in [0.15, 0.2) is 0 Å². The molecule has 30 valence electrons. The van der Waals surface area contributed by atoms with Crippen molar-refractivity contribution < 1.29 is 31.7 Å². The van der Waals surface area contributed by atoms with E-state index < -0.39 is 8.60 Å². The van der Waals surface area contributed by atoms with E-state index in [1.165, 1.54) is 0 Å². The Balaban J connectivity index is 0. The third-order valence-electron chi connectivity index (χ3n) is 0. The van der Waals surface area contributed by atoms with Gasteiger partial charge in [-0.05, 0) is 0 Å². The molecule has 0 spiro atoms. The van der Waals surface area contributed by atoms with Gasteiger partial charge in [-0.25, -0.2) is 0 Å². The van der Waals surface area contributed by atoms with Gasteiger partial charge in [0, 0.05) is 0 Å². The summed E-state index contributed by atoms with van der Waals surface area (Å²) in [5.74, 6) is 0. The van der Waals surface area contributed by atoms with Crippen LogP contribution in [0.3, 0.4) is 0 Å². The van der Waals surface area contributed by atoms with Crippen LogP contribution in [0.1, 0.15) is 0 Å². The van der Waals surface area contributed by atoms with Crippen LogP contribution in [0, 0.1) is 0 Å². The summed E-state index contributed by atoms with van der Waals surface area (Å²) >= 11 is 0. The maximum atomic E-state index is 8.48. The minimum absolute atomic E-state index is 0. The first-order chi connectivity index (χ1) is 1.73. The van der Waals surface area contributed by atoms with Gasteiger partial charge in [0.15, 0.2) is 0 Å². The van der Waals surface area contributed by atoms with Gasteiger partial charge in [-0.15, -0.1) is 0 Å². The quantitative estimate of drug-likeness (QED) is 0.267. The number of rotatable bonds is 0. The van der Waals surface area contributed by atoms with Crippen LogP contribution in [0.25, 0.3) is 0 Å². The topological polar surface area (TPSA) is 69.2 Å². The Kier molecular flexibility index (Phi) is 8.96. The molecular weight excluding hydrogens is 134 g/mol. The standard InChI is InChI=1S/Mn.O3P/c;1-4(2)3/q+3;-3. The van der Waals surface area contributed by atoms with Gasteiger partial charge in [0.25, 0.3) is 0 Å². The summed E-state index contributed by atoms with van der Waals surface area (Å²) in [5, 5.41) is 0. The first-order valence-corrected chi connectivity index (χ1v) is 1.64. The third kappa shape index (κ3) is 56.2. The molecule has 0 amide bonds. The summed E-state index contributed by atoms with van der Waals surface area (Å²) in [6.07, 6.45) is 0. The zero-order chi connectivity index (χ0) is 3.58. The normalized spacial score (nSPS) is 7.20. The first-order valence-electron chi connectivity index (χ1n) is 0.548. The molecule has 0 rings (SSSR count). The van der Waals surface area contributed by atoms with Gasteiger partial charge in [-0.1, -0.05) is 0 Å². The summed E-state index contributed by atoms with van der Waals surface area (Å²) in [6, 6.07) is 0. The van der Waals surface area contributed by atoms with Crippen LogP contribution in [0.2, 0.25) is 0 Å². The van der Waals surface area contributed by atoms with Gasteiger partial charge in [0.05, 0.1) is 0 Å². The van der Waals surface area contributed by atoms with Crippen molar-refractivity contribution in [3.63, 3.8) is 0 Å². The molecule has 5 heavy (non-hydrogen) atoms. The van der Waals surface area contributed by atoms with Gasteiger partial charge < -0.3 is 23.3 Å². The summed E-state index contributed by atoms with van der Waals surface area (Å²) < 4.78 is 0. The fourth-order valence-electron chi connectivity index (χ4n) is 0. The van der Waals surface area contributed by atoms with Gasteiger partial charge in [0.2, 0.25) is 0 Å². The Hall–Kier alpha value is 0.829. The zero-order valence-corrected chi connectivity index (χ0v) is 4.12. The molecule has 0 unspecified atom stereocenters. The van der Waals surface area contributed by atoms with Crippen molar-refractivity contribution in [2.75, 3.05) is 0 Å². The van der Waals surface area contributed by atoms with E-state index in [4.69, 9.17) is 14.7 Å². The molecule has 0 saturated heterocycles. The minimum Gasteiger partial charge on any atom is -0.854 e. The van der Waals surface area contributed by atoms with Crippen molar-refractivity contribution in [3.05, 3.63) is 0 Å². The van der Waals surface area contributed by atoms with E-state index in [-0.39, 0.29) is 17.1 Å². The van der Waals surface area contributed by atoms with E-state index in [9.17, 15) is 0 Å². The molecule has 0 saturated carbocycles. The van der Waals surface area contributed by atoms with Crippen molar-refractivity contribution in [2.45, 2.75) is 0 Å². The third-order valence-corrected chi connectivity index (χ3v) is 0. The van der Waals surface area contributed by atoms with Crippen LogP contribution in [-0.4, -0.2) is 0 Å². The molecule has 0 bridgehead atoms. The molecule has 0 aromatic rings. The largest absolute Gasteiger partial charge is 3.00 e. The average molecular weight is 134 g/mol. The summed E-state index contributed by atoms with van der Waals surface area (Å²) in [7, 11) is -3.37. The predicted molar refractivity (Wildman–Crippen MR) is 6.92 cm³/mol. The van der Waals surface area contributed by atoms with Gasteiger partial charge in [-0.3, -0.25) is 0 Å². The van der Waals surface area contributed by atoms with Crippen LogP contribution in [-0.2, 0) is 17.1 Å². The van der Waals surface area contributed by atoms with Crippen molar-refractivity contribution in [2.24, 2.45) is 0 Å². The maximum Gasteiger partial charge on any atom is 3.00 e. The molecule has 3 nitrogen and oxygen atoms in total. The summed E-state index contributed by atoms with van der Waals surface area (Å²) in [6.45, 7) is 0. The van der Waals surface area contributed by atoms with Crippen LogP contribution < -0.4 is 14.7 Å². The average Bonchev–Trinajstić information content (AvgIpc) is 0.811. The zero-order valence-electron chi connectivity index (χ0n) is 2.05. The van der Waals surface area contributed by atoms with E-state index in [1.807, 2.05) is 0 Å². The van der Waals surface area contributed by atoms with Crippen molar-refractivity contribution in [1.29, 1.82) is 0 Å². The molecular formula is MnO3P. The maximum absolute atomic E-state index is 8.48. The molecule has 0 heterocycles. The smallest absolute Gasteiger partial charge is 0.854 e. The number of hydrogen-bond donors (Lipinski definition) is 0. The predicted octanol–water partition coefficient (Wildman–Crippen LogP) is -2.71. The molecule has 0 N–H and O–H groups in total. The Bertz CT molecular complexity index is 11.6. The Morgan fingerprint density at radius 2 is 1.00 bits per heavy atom. The van der Waals surface area contributed by atoms with Gasteiger partial charge in [0.1, 0.15) is 0 Å². The molecule has 0 radical (unpaired) electrons. The second kappa shape index (κ2) is 4.83. The van der Waals surface area contributed by atoms with E-state index in [0.717, 1.165) is 0 Å². The molecule has 0 aliphatic heterocycles. The molecule has 0 fully saturated rings. The van der Waals surface area contributed by atoms with Crippen molar-refractivity contribution in [3.8, 4) is 0 Å². The SMILES string of the molecule is [Mn+3].[O-]P([O-])[O-]. The Labute approximate surface area is 41.1 Å². The second-order valence-corrected chi connectivity index (χ2v) is 0.671.